The smallest absolute Gasteiger partial charge is 0.235 e. The number of allylic oxidation sites excluding steroid dienone is 3. The Hall–Kier alpha value is -3.29. The van der Waals surface area contributed by atoms with Crippen molar-refractivity contribution in [1.29, 1.82) is 0 Å². The van der Waals surface area contributed by atoms with Crippen LogP contribution in [0.4, 0.5) is 0 Å². The fraction of sp³-hybridized carbons (Fsp3) is 0.500. The zero-order chi connectivity index (χ0) is 29.3. The molecule has 0 radical (unpaired) electrons. The minimum absolute atomic E-state index is 0.0501. The van der Waals surface area contributed by atoms with E-state index in [9.17, 15) is 19.5 Å². The number of aliphatic hydroxyl groups is 1. The number of hydrogen-bond acceptors (Lipinski definition) is 5. The average Bonchev–Trinajstić information content (AvgIpc) is 3.31. The van der Waals surface area contributed by atoms with Crippen LogP contribution in [0.5, 0.6) is 0 Å². The van der Waals surface area contributed by atoms with Crippen LogP contribution in [-0.4, -0.2) is 51.4 Å². The molecule has 41 heavy (non-hydrogen) atoms. The van der Waals surface area contributed by atoms with Crippen molar-refractivity contribution in [1.82, 2.24) is 10.3 Å². The molecule has 216 valence electrons. The summed E-state index contributed by atoms with van der Waals surface area (Å²) in [7, 11) is 0. The van der Waals surface area contributed by atoms with E-state index in [0.717, 1.165) is 29.0 Å². The van der Waals surface area contributed by atoms with Gasteiger partial charge in [0.05, 0.1) is 11.7 Å². The summed E-state index contributed by atoms with van der Waals surface area (Å²) >= 11 is 0. The highest BCUT2D eigenvalue weighted by molar-refractivity contribution is 6.15. The van der Waals surface area contributed by atoms with Gasteiger partial charge in [-0.2, -0.15) is 0 Å². The molecule has 0 unspecified atom stereocenters. The number of aromatic amines is 1. The molecule has 7 heteroatoms. The Morgan fingerprint density at radius 2 is 1.93 bits per heavy atom. The molecule has 2 saturated heterocycles. The van der Waals surface area contributed by atoms with Crippen molar-refractivity contribution in [3.8, 4) is 0 Å². The summed E-state index contributed by atoms with van der Waals surface area (Å²) in [4.78, 5) is 45.2. The van der Waals surface area contributed by atoms with E-state index in [-0.39, 0.29) is 41.7 Å². The van der Waals surface area contributed by atoms with E-state index in [1.165, 1.54) is 6.08 Å². The minimum atomic E-state index is -1.43. The molecule has 4 aliphatic rings. The first-order valence-corrected chi connectivity index (χ1v) is 14.9. The number of fused-ring (bicyclic) bond motifs is 3. The third-order valence-corrected chi connectivity index (χ3v) is 10.5. The summed E-state index contributed by atoms with van der Waals surface area (Å²) in [6.07, 6.45) is 10.2. The van der Waals surface area contributed by atoms with Gasteiger partial charge in [0.2, 0.25) is 5.91 Å². The van der Waals surface area contributed by atoms with E-state index in [1.807, 2.05) is 49.5 Å². The lowest BCUT2D eigenvalue weighted by Gasteiger charge is -2.47. The molecule has 1 amide bonds. The monoisotopic (exact) mass is 556 g/mol. The van der Waals surface area contributed by atoms with E-state index < -0.39 is 34.6 Å². The number of aliphatic hydroxyl groups excluding tert-OH is 1. The number of hydrogen-bond donors (Lipinski definition) is 3. The summed E-state index contributed by atoms with van der Waals surface area (Å²) in [6, 6.07) is 7.79. The predicted octanol–water partition coefficient (Wildman–Crippen LogP) is 4.78. The first-order chi connectivity index (χ1) is 19.5. The first kappa shape index (κ1) is 27.9. The highest BCUT2D eigenvalue weighted by Gasteiger charge is 2.79. The van der Waals surface area contributed by atoms with Crippen LogP contribution in [0.3, 0.4) is 0 Å². The van der Waals surface area contributed by atoms with Crippen LogP contribution < -0.4 is 5.32 Å². The van der Waals surface area contributed by atoms with Gasteiger partial charge in [-0.1, -0.05) is 63.6 Å². The van der Waals surface area contributed by atoms with Gasteiger partial charge in [0, 0.05) is 40.9 Å². The molecule has 1 aromatic carbocycles. The molecule has 7 nitrogen and oxygen atoms in total. The van der Waals surface area contributed by atoms with Gasteiger partial charge in [-0.15, -0.1) is 0 Å². The molecule has 2 aliphatic carbocycles. The van der Waals surface area contributed by atoms with E-state index >= 15 is 0 Å². The summed E-state index contributed by atoms with van der Waals surface area (Å²) < 4.78 is 6.45. The van der Waals surface area contributed by atoms with Crippen LogP contribution in [-0.2, 0) is 19.1 Å². The maximum atomic E-state index is 14.5. The largest absolute Gasteiger partial charge is 0.381 e. The van der Waals surface area contributed by atoms with E-state index in [1.54, 1.807) is 6.92 Å². The van der Waals surface area contributed by atoms with Crippen LogP contribution in [0, 0.1) is 29.1 Å². The Bertz CT molecular complexity index is 1500. The van der Waals surface area contributed by atoms with Gasteiger partial charge in [-0.3, -0.25) is 14.4 Å². The number of ketones is 2. The molecular formula is C34H40N2O5. The topological polar surface area (TPSA) is 112 Å². The zero-order valence-electron chi connectivity index (χ0n) is 24.4. The second-order valence-electron chi connectivity index (χ2n) is 12.8. The van der Waals surface area contributed by atoms with Crippen molar-refractivity contribution in [2.75, 3.05) is 0 Å². The first-order valence-electron chi connectivity index (χ1n) is 14.9. The van der Waals surface area contributed by atoms with E-state index in [4.69, 9.17) is 4.74 Å². The summed E-state index contributed by atoms with van der Waals surface area (Å²) in [5.41, 5.74) is 0.795. The van der Waals surface area contributed by atoms with Crippen LogP contribution >= 0.6 is 0 Å². The summed E-state index contributed by atoms with van der Waals surface area (Å²) in [5.74, 6) is -2.17. The highest BCUT2D eigenvalue weighted by atomic mass is 16.6. The quantitative estimate of drug-likeness (QED) is 0.286. The molecule has 3 fully saturated rings. The number of aromatic nitrogens is 1. The second-order valence-corrected chi connectivity index (χ2v) is 12.8. The lowest BCUT2D eigenvalue weighted by atomic mass is 9.50. The summed E-state index contributed by atoms with van der Waals surface area (Å²) in [5, 5.41) is 15.1. The number of nitrogens with one attached hydrogen (secondary N) is 2. The molecule has 10 atom stereocenters. The number of para-hydroxylation sites is 1. The molecule has 3 heterocycles. The highest BCUT2D eigenvalue weighted by Crippen LogP contribution is 2.67. The van der Waals surface area contributed by atoms with Crippen LogP contribution in [0.1, 0.15) is 58.9 Å². The maximum absolute atomic E-state index is 14.5. The third kappa shape index (κ3) is 4.03. The van der Waals surface area contributed by atoms with Gasteiger partial charge >= 0.3 is 0 Å². The second kappa shape index (κ2) is 9.92. The normalized spacial score (nSPS) is 42.3. The van der Waals surface area contributed by atoms with Crippen LogP contribution in [0.2, 0.25) is 0 Å². The number of rotatable bonds is 3. The SMILES string of the molecule is CC[C@H]1[C@H]2[C@H]([C@H](C)c3c[nH]c4ccccc34)NC(=O)[C@@]23C(=O)/C=C\C(=O)[C@H](O)/C(C)=C\[C@@H](C)C/C=C\[C@H]3[C@@H]2O[C@]12C. The number of carbonyl (C=O) groups excluding carboxylic acids is 3. The van der Waals surface area contributed by atoms with Gasteiger partial charge in [-0.25, -0.2) is 0 Å². The van der Waals surface area contributed by atoms with Crippen LogP contribution in [0.25, 0.3) is 10.9 Å². The molecule has 2 aromatic rings. The Morgan fingerprint density at radius 1 is 1.17 bits per heavy atom. The third-order valence-electron chi connectivity index (χ3n) is 10.5. The molecule has 3 N–H and O–H groups in total. The lowest BCUT2D eigenvalue weighted by Crippen LogP contribution is -2.58. The van der Waals surface area contributed by atoms with E-state index in [0.29, 0.717) is 12.0 Å². The van der Waals surface area contributed by atoms with Crippen molar-refractivity contribution >= 4 is 28.4 Å². The fourth-order valence-electron chi connectivity index (χ4n) is 8.41. The zero-order valence-corrected chi connectivity index (χ0v) is 24.4. The standard InChI is InChI=1S/C34H40N2O5/c1-6-23-28-29(20(4)22-17-35-25-13-8-7-11-21(22)25)36-32(40)34(28)24(31-33(23,5)41-31)12-9-10-18(2)16-19(3)30(39)26(37)14-15-27(34)38/h7-9,11-18,20,23-24,28-31,35,39H,6,10H2,1-5H3,(H,36,40)/b12-9-,15-14-,19-16-/t18-,20+,23-,24-,28-,29-,30+,31-,33+,34-/m0/s1. The van der Waals surface area contributed by atoms with E-state index in [2.05, 4.69) is 37.1 Å². The number of carbonyl (C=O) groups is 3. The number of ether oxygens (including phenoxy) is 1. The predicted molar refractivity (Wildman–Crippen MR) is 157 cm³/mol. The van der Waals surface area contributed by atoms with Gasteiger partial charge < -0.3 is 20.1 Å². The van der Waals surface area contributed by atoms with Gasteiger partial charge in [-0.05, 0) is 61.5 Å². The minimum Gasteiger partial charge on any atom is -0.381 e. The van der Waals surface area contributed by atoms with Gasteiger partial charge in [0.15, 0.2) is 11.6 Å². The van der Waals surface area contributed by atoms with Gasteiger partial charge in [0.1, 0.15) is 11.5 Å². The Morgan fingerprint density at radius 3 is 2.68 bits per heavy atom. The molecule has 1 spiro atoms. The summed E-state index contributed by atoms with van der Waals surface area (Å²) in [6.45, 7) is 10.1. The molecular weight excluding hydrogens is 516 g/mol. The molecule has 2 aliphatic heterocycles. The Kier molecular flexibility index (Phi) is 6.74. The number of H-pyrrole nitrogens is 1. The van der Waals surface area contributed by atoms with Crippen molar-refractivity contribution < 1.29 is 24.2 Å². The van der Waals surface area contributed by atoms with Crippen molar-refractivity contribution in [2.24, 2.45) is 29.1 Å². The number of amides is 1. The Balaban J connectivity index is 1.51. The van der Waals surface area contributed by atoms with Crippen LogP contribution in [0.15, 0.2) is 66.4 Å². The molecule has 1 aromatic heterocycles. The maximum Gasteiger partial charge on any atom is 0.235 e. The van der Waals surface area contributed by atoms with Crippen molar-refractivity contribution in [2.45, 2.75) is 77.2 Å². The average molecular weight is 557 g/mol. The van der Waals surface area contributed by atoms with Crippen molar-refractivity contribution in [3.63, 3.8) is 0 Å². The molecule has 1 saturated carbocycles. The number of epoxide rings is 1. The van der Waals surface area contributed by atoms with Gasteiger partial charge in [0.25, 0.3) is 0 Å². The van der Waals surface area contributed by atoms with Crippen molar-refractivity contribution in [3.05, 3.63) is 72.0 Å². The Labute approximate surface area is 241 Å². The molecule has 0 bridgehead atoms. The number of benzene rings is 1. The fourth-order valence-corrected chi connectivity index (χ4v) is 8.41. The molecule has 6 rings (SSSR count). The lowest BCUT2D eigenvalue weighted by molar-refractivity contribution is -0.145.